The Bertz CT molecular complexity index is 484. The number of rotatable bonds is 14. The lowest BCUT2D eigenvalue weighted by molar-refractivity contribution is 0.536. The van der Waals surface area contributed by atoms with Gasteiger partial charge < -0.3 is 0 Å². The second-order valence-corrected chi connectivity index (χ2v) is 6.95. The zero-order valence-corrected chi connectivity index (χ0v) is 16.4. The summed E-state index contributed by atoms with van der Waals surface area (Å²) in [5.41, 5.74) is 1.77. The van der Waals surface area contributed by atoms with E-state index in [2.05, 4.69) is 19.9 Å². The predicted octanol–water partition coefficient (Wildman–Crippen LogP) is 8.64. The van der Waals surface area contributed by atoms with Crippen molar-refractivity contribution in [1.82, 2.24) is 0 Å². The third-order valence-corrected chi connectivity index (χ3v) is 4.64. The first-order valence-corrected chi connectivity index (χ1v) is 10.4. The molecular weight excluding hydrogens is 307 g/mol. The topological polar surface area (TPSA) is 0 Å². The van der Waals surface area contributed by atoms with Crippen molar-refractivity contribution in [2.45, 2.75) is 90.9 Å². The summed E-state index contributed by atoms with van der Waals surface area (Å²) in [5, 5.41) is 0. The molecule has 0 saturated heterocycles. The Morgan fingerprint density at radius 3 is 2.04 bits per heavy atom. The van der Waals surface area contributed by atoms with E-state index in [9.17, 15) is 4.39 Å². The molecule has 0 nitrogen and oxygen atoms in total. The van der Waals surface area contributed by atoms with E-state index in [1.165, 1.54) is 44.9 Å². The van der Waals surface area contributed by atoms with Crippen LogP contribution in [-0.2, 0) is 0 Å². The molecule has 0 unspecified atom stereocenters. The summed E-state index contributed by atoms with van der Waals surface area (Å²) in [7, 11) is 0. The molecule has 0 saturated carbocycles. The monoisotopic (exact) mass is 344 g/mol. The molecule has 0 aliphatic heterocycles. The van der Waals surface area contributed by atoms with E-state index in [0.29, 0.717) is 6.42 Å². The number of hydrogen-bond donors (Lipinski definition) is 0. The second-order valence-electron chi connectivity index (χ2n) is 6.95. The van der Waals surface area contributed by atoms with Crippen molar-refractivity contribution in [2.75, 3.05) is 0 Å². The van der Waals surface area contributed by atoms with Gasteiger partial charge in [-0.2, -0.15) is 0 Å². The van der Waals surface area contributed by atoms with Gasteiger partial charge in [0.05, 0.1) is 0 Å². The highest BCUT2D eigenvalue weighted by Gasteiger charge is 2.06. The normalized spacial score (nSPS) is 12.6. The van der Waals surface area contributed by atoms with Gasteiger partial charge in [-0.1, -0.05) is 114 Å². The minimum Gasteiger partial charge on any atom is -0.211 e. The molecule has 140 valence electrons. The zero-order valence-electron chi connectivity index (χ0n) is 16.4. The van der Waals surface area contributed by atoms with Gasteiger partial charge in [0.2, 0.25) is 0 Å². The summed E-state index contributed by atoms with van der Waals surface area (Å²) in [6.45, 7) is 4.43. The van der Waals surface area contributed by atoms with Crippen LogP contribution in [0.5, 0.6) is 0 Å². The van der Waals surface area contributed by atoms with E-state index in [0.717, 1.165) is 36.8 Å². The molecular formula is C24H37F. The molecule has 0 spiro atoms. The fourth-order valence-electron chi connectivity index (χ4n) is 3.03. The van der Waals surface area contributed by atoms with Gasteiger partial charge in [-0.25, -0.2) is 4.39 Å². The molecule has 0 heterocycles. The fraction of sp³-hybridized carbons (Fsp3) is 0.583. The molecule has 0 radical (unpaired) electrons. The van der Waals surface area contributed by atoms with Crippen LogP contribution in [0.1, 0.15) is 96.5 Å². The second kappa shape index (κ2) is 14.9. The number of allylic oxidation sites excluding steroid dienone is 4. The average Bonchev–Trinajstić information content (AvgIpc) is 2.64. The summed E-state index contributed by atoms with van der Waals surface area (Å²) in [4.78, 5) is 0. The minimum absolute atomic E-state index is 0.0462. The Balaban J connectivity index is 2.49. The minimum atomic E-state index is 0.0462. The lowest BCUT2D eigenvalue weighted by Crippen LogP contribution is -1.88. The summed E-state index contributed by atoms with van der Waals surface area (Å²) < 4.78 is 14.8. The molecule has 0 aliphatic rings. The van der Waals surface area contributed by atoms with E-state index >= 15 is 0 Å². The zero-order chi connectivity index (χ0) is 18.2. The molecule has 0 amide bonds. The third-order valence-electron chi connectivity index (χ3n) is 4.64. The maximum absolute atomic E-state index is 14.8. The van der Waals surface area contributed by atoms with Crippen molar-refractivity contribution < 1.29 is 4.39 Å². The lowest BCUT2D eigenvalue weighted by Gasteiger charge is -2.07. The number of benzene rings is 1. The maximum Gasteiger partial charge on any atom is 0.108 e. The van der Waals surface area contributed by atoms with E-state index in [1.54, 1.807) is 0 Å². The van der Waals surface area contributed by atoms with E-state index in [-0.39, 0.29) is 5.83 Å². The number of unbranched alkanes of at least 4 members (excludes halogenated alkanes) is 9. The van der Waals surface area contributed by atoms with Gasteiger partial charge in [-0.05, 0) is 24.8 Å². The summed E-state index contributed by atoms with van der Waals surface area (Å²) in [5.74, 6) is 0.0462. The molecule has 1 aromatic rings. The molecule has 0 aromatic heterocycles. The van der Waals surface area contributed by atoms with Crippen LogP contribution in [0.4, 0.5) is 4.39 Å². The number of hydrogen-bond acceptors (Lipinski definition) is 0. The quantitative estimate of drug-likeness (QED) is 0.234. The lowest BCUT2D eigenvalue weighted by atomic mass is 10.0. The highest BCUT2D eigenvalue weighted by molar-refractivity contribution is 5.75. The van der Waals surface area contributed by atoms with Crippen LogP contribution in [0, 0.1) is 0 Å². The average molecular weight is 345 g/mol. The van der Waals surface area contributed by atoms with Crippen molar-refractivity contribution in [1.29, 1.82) is 0 Å². The highest BCUT2D eigenvalue weighted by atomic mass is 19.1. The van der Waals surface area contributed by atoms with Crippen molar-refractivity contribution in [3.05, 3.63) is 53.9 Å². The van der Waals surface area contributed by atoms with Crippen LogP contribution < -0.4 is 0 Å². The SMILES string of the molecule is CCCC/C=C/C(=C(/F)CCCCCCCCCC)c1ccccc1. The van der Waals surface area contributed by atoms with Crippen LogP contribution in [-0.4, -0.2) is 0 Å². The largest absolute Gasteiger partial charge is 0.211 e. The third kappa shape index (κ3) is 10.3. The molecule has 0 aliphatic carbocycles. The Hall–Kier alpha value is -1.37. The first-order valence-electron chi connectivity index (χ1n) is 10.4. The standard InChI is InChI=1S/C24H37F/c1-3-5-7-9-10-11-12-17-21-24(25)23(20-16-8-6-4-2)22-18-14-13-15-19-22/h13-16,18-20H,3-12,17,21H2,1-2H3/b20-16+,24-23-. The van der Waals surface area contributed by atoms with Crippen molar-refractivity contribution in [2.24, 2.45) is 0 Å². The van der Waals surface area contributed by atoms with Crippen LogP contribution in [0.25, 0.3) is 5.57 Å². The first kappa shape index (κ1) is 21.7. The van der Waals surface area contributed by atoms with Gasteiger partial charge in [-0.15, -0.1) is 0 Å². The summed E-state index contributed by atoms with van der Waals surface area (Å²) in [6.07, 6.45) is 18.0. The Morgan fingerprint density at radius 2 is 1.40 bits per heavy atom. The van der Waals surface area contributed by atoms with Gasteiger partial charge in [0.15, 0.2) is 0 Å². The Kier molecular flexibility index (Phi) is 12.9. The van der Waals surface area contributed by atoms with E-state index < -0.39 is 0 Å². The van der Waals surface area contributed by atoms with Crippen molar-refractivity contribution in [3.63, 3.8) is 0 Å². The summed E-state index contributed by atoms with van der Waals surface area (Å²) in [6, 6.07) is 9.97. The van der Waals surface area contributed by atoms with Crippen LogP contribution in [0.3, 0.4) is 0 Å². The first-order chi connectivity index (χ1) is 12.3. The molecule has 0 bridgehead atoms. The summed E-state index contributed by atoms with van der Waals surface area (Å²) >= 11 is 0. The molecule has 1 aromatic carbocycles. The molecule has 0 atom stereocenters. The molecule has 0 N–H and O–H groups in total. The van der Waals surface area contributed by atoms with E-state index in [1.807, 2.05) is 36.4 Å². The molecule has 1 rings (SSSR count). The van der Waals surface area contributed by atoms with Gasteiger partial charge in [-0.3, -0.25) is 0 Å². The predicted molar refractivity (Wildman–Crippen MR) is 110 cm³/mol. The maximum atomic E-state index is 14.8. The Labute approximate surface area is 155 Å². The van der Waals surface area contributed by atoms with Crippen LogP contribution in [0.2, 0.25) is 0 Å². The fourth-order valence-corrected chi connectivity index (χ4v) is 3.03. The molecule has 25 heavy (non-hydrogen) atoms. The van der Waals surface area contributed by atoms with E-state index in [4.69, 9.17) is 0 Å². The van der Waals surface area contributed by atoms with Gasteiger partial charge in [0.1, 0.15) is 5.83 Å². The highest BCUT2D eigenvalue weighted by Crippen LogP contribution is 2.25. The van der Waals surface area contributed by atoms with Crippen LogP contribution in [0.15, 0.2) is 48.3 Å². The molecule has 1 heteroatoms. The van der Waals surface area contributed by atoms with Gasteiger partial charge in [0.25, 0.3) is 0 Å². The van der Waals surface area contributed by atoms with Crippen molar-refractivity contribution >= 4 is 5.57 Å². The molecule has 0 fully saturated rings. The van der Waals surface area contributed by atoms with Gasteiger partial charge >= 0.3 is 0 Å². The smallest absolute Gasteiger partial charge is 0.108 e. The van der Waals surface area contributed by atoms with Crippen LogP contribution >= 0.6 is 0 Å². The number of halogens is 1. The van der Waals surface area contributed by atoms with Gasteiger partial charge in [0, 0.05) is 5.57 Å². The Morgan fingerprint density at radius 1 is 0.800 bits per heavy atom. The van der Waals surface area contributed by atoms with Crippen molar-refractivity contribution in [3.8, 4) is 0 Å².